The predicted octanol–water partition coefficient (Wildman–Crippen LogP) is 3.42. The molecule has 1 aliphatic carbocycles. The molecule has 3 nitrogen and oxygen atoms in total. The molecule has 0 saturated heterocycles. The van der Waals surface area contributed by atoms with Crippen LogP contribution in [-0.2, 0) is 17.8 Å². The van der Waals surface area contributed by atoms with Crippen molar-refractivity contribution in [3.8, 4) is 0 Å². The van der Waals surface area contributed by atoms with E-state index in [1.54, 1.807) is 0 Å². The number of hydrogen-bond donors (Lipinski definition) is 1. The number of rotatable bonds is 10. The quantitative estimate of drug-likeness (QED) is 0.651. The van der Waals surface area contributed by atoms with E-state index in [1.165, 1.54) is 28.4 Å². The summed E-state index contributed by atoms with van der Waals surface area (Å²) >= 11 is 3.69. The molecule has 1 aliphatic rings. The van der Waals surface area contributed by atoms with E-state index >= 15 is 0 Å². The molecular formula is C17H27BrN2O. The highest BCUT2D eigenvalue weighted by atomic mass is 79.9. The van der Waals surface area contributed by atoms with Crippen molar-refractivity contribution in [2.75, 3.05) is 33.4 Å². The van der Waals surface area contributed by atoms with Crippen molar-refractivity contribution < 1.29 is 4.74 Å². The third kappa shape index (κ3) is 6.47. The Kier molecular flexibility index (Phi) is 7.17. The molecule has 1 aromatic rings. The zero-order valence-corrected chi connectivity index (χ0v) is 14.8. The summed E-state index contributed by atoms with van der Waals surface area (Å²) in [5.41, 5.74) is 2.66. The maximum atomic E-state index is 5.70. The zero-order chi connectivity index (χ0) is 15.1. The van der Waals surface area contributed by atoms with Crippen molar-refractivity contribution in [2.24, 2.45) is 5.92 Å². The molecule has 0 amide bonds. The van der Waals surface area contributed by atoms with Gasteiger partial charge in [-0.15, -0.1) is 0 Å². The molecule has 1 fully saturated rings. The highest BCUT2D eigenvalue weighted by Gasteiger charge is 2.20. The van der Waals surface area contributed by atoms with Crippen LogP contribution < -0.4 is 5.32 Å². The lowest BCUT2D eigenvalue weighted by molar-refractivity contribution is 0.102. The Labute approximate surface area is 137 Å². The van der Waals surface area contributed by atoms with Gasteiger partial charge in [0.25, 0.3) is 0 Å². The van der Waals surface area contributed by atoms with Crippen LogP contribution in [0.5, 0.6) is 0 Å². The third-order valence-electron chi connectivity index (χ3n) is 3.80. The minimum Gasteiger partial charge on any atom is -0.380 e. The first-order valence-electron chi connectivity index (χ1n) is 7.93. The van der Waals surface area contributed by atoms with Gasteiger partial charge < -0.3 is 10.1 Å². The molecule has 118 valence electrons. The Morgan fingerprint density at radius 3 is 2.86 bits per heavy atom. The molecular weight excluding hydrogens is 328 g/mol. The van der Waals surface area contributed by atoms with Crippen LogP contribution in [0.1, 0.15) is 30.9 Å². The molecule has 4 heteroatoms. The summed E-state index contributed by atoms with van der Waals surface area (Å²) in [6.07, 6.45) is 2.73. The number of likely N-dealkylation sites (N-methyl/N-ethyl adjacent to an activating group) is 1. The smallest absolute Gasteiger partial charge is 0.0593 e. The van der Waals surface area contributed by atoms with E-state index in [1.807, 2.05) is 0 Å². The van der Waals surface area contributed by atoms with Crippen LogP contribution in [0.4, 0.5) is 0 Å². The predicted molar refractivity (Wildman–Crippen MR) is 91.4 cm³/mol. The van der Waals surface area contributed by atoms with Gasteiger partial charge in [0.15, 0.2) is 0 Å². The number of nitrogens with zero attached hydrogens (tertiary/aromatic N) is 1. The first-order chi connectivity index (χ1) is 10.2. The van der Waals surface area contributed by atoms with Gasteiger partial charge in [-0.2, -0.15) is 0 Å². The fourth-order valence-electron chi connectivity index (χ4n) is 2.22. The lowest BCUT2D eigenvalue weighted by Gasteiger charge is -2.18. The first-order valence-corrected chi connectivity index (χ1v) is 8.72. The molecule has 0 aromatic heterocycles. The standard InChI is InChI=1S/C17H27BrN2O/c1-3-19-11-15-6-7-16(17(18)10-15)12-20(2)8-9-21-13-14-4-5-14/h6-7,10,14,19H,3-5,8-9,11-13H2,1-2H3. The van der Waals surface area contributed by atoms with Crippen LogP contribution in [0.25, 0.3) is 0 Å². The molecule has 1 aromatic carbocycles. The van der Waals surface area contributed by atoms with Gasteiger partial charge in [0.05, 0.1) is 6.61 Å². The Morgan fingerprint density at radius 2 is 2.19 bits per heavy atom. The van der Waals surface area contributed by atoms with Gasteiger partial charge in [0.2, 0.25) is 0 Å². The molecule has 0 heterocycles. The zero-order valence-electron chi connectivity index (χ0n) is 13.2. The van der Waals surface area contributed by atoms with E-state index in [4.69, 9.17) is 4.74 Å². The van der Waals surface area contributed by atoms with Crippen LogP contribution in [0.15, 0.2) is 22.7 Å². The largest absolute Gasteiger partial charge is 0.380 e. The van der Waals surface area contributed by atoms with Crippen molar-refractivity contribution in [2.45, 2.75) is 32.9 Å². The summed E-state index contributed by atoms with van der Waals surface area (Å²) < 4.78 is 6.90. The molecule has 21 heavy (non-hydrogen) atoms. The average molecular weight is 355 g/mol. The molecule has 1 saturated carbocycles. The molecule has 1 N–H and O–H groups in total. The van der Waals surface area contributed by atoms with Crippen LogP contribution in [0.3, 0.4) is 0 Å². The highest BCUT2D eigenvalue weighted by Crippen LogP contribution is 2.28. The summed E-state index contributed by atoms with van der Waals surface area (Å²) in [6.45, 7) is 7.79. The first kappa shape index (κ1) is 16.9. The maximum Gasteiger partial charge on any atom is 0.0593 e. The van der Waals surface area contributed by atoms with E-state index in [0.717, 1.165) is 45.3 Å². The fraction of sp³-hybridized carbons (Fsp3) is 0.647. The van der Waals surface area contributed by atoms with Crippen molar-refractivity contribution in [1.29, 1.82) is 0 Å². The normalized spacial score (nSPS) is 14.9. The van der Waals surface area contributed by atoms with E-state index in [9.17, 15) is 0 Å². The van der Waals surface area contributed by atoms with Gasteiger partial charge in [-0.1, -0.05) is 35.0 Å². The summed E-state index contributed by atoms with van der Waals surface area (Å²) in [4.78, 5) is 2.32. The molecule has 0 unspecified atom stereocenters. The molecule has 0 spiro atoms. The Morgan fingerprint density at radius 1 is 1.38 bits per heavy atom. The second kappa shape index (κ2) is 8.89. The summed E-state index contributed by atoms with van der Waals surface area (Å²) in [6, 6.07) is 6.65. The second-order valence-electron chi connectivity index (χ2n) is 5.96. The summed E-state index contributed by atoms with van der Waals surface area (Å²) in [5.74, 6) is 0.855. The maximum absolute atomic E-state index is 5.70. The van der Waals surface area contributed by atoms with Gasteiger partial charge in [-0.25, -0.2) is 0 Å². The van der Waals surface area contributed by atoms with Crippen LogP contribution in [0.2, 0.25) is 0 Å². The van der Waals surface area contributed by atoms with Crippen molar-refractivity contribution in [3.05, 3.63) is 33.8 Å². The number of benzene rings is 1. The monoisotopic (exact) mass is 354 g/mol. The number of nitrogens with one attached hydrogen (secondary N) is 1. The highest BCUT2D eigenvalue weighted by molar-refractivity contribution is 9.10. The van der Waals surface area contributed by atoms with E-state index in [2.05, 4.69) is 58.3 Å². The SMILES string of the molecule is CCNCc1ccc(CN(C)CCOCC2CC2)c(Br)c1. The minimum atomic E-state index is 0.836. The van der Waals surface area contributed by atoms with Crippen molar-refractivity contribution >= 4 is 15.9 Å². The average Bonchev–Trinajstić information content (AvgIpc) is 3.28. The van der Waals surface area contributed by atoms with E-state index in [-0.39, 0.29) is 0 Å². The Hall–Kier alpha value is -0.420. The molecule has 0 radical (unpaired) electrons. The minimum absolute atomic E-state index is 0.836. The van der Waals surface area contributed by atoms with Crippen LogP contribution >= 0.6 is 15.9 Å². The third-order valence-corrected chi connectivity index (χ3v) is 4.54. The van der Waals surface area contributed by atoms with Gasteiger partial charge >= 0.3 is 0 Å². The van der Waals surface area contributed by atoms with Gasteiger partial charge in [0, 0.05) is 30.7 Å². The summed E-state index contributed by atoms with van der Waals surface area (Å²) in [5, 5.41) is 3.35. The summed E-state index contributed by atoms with van der Waals surface area (Å²) in [7, 11) is 2.15. The molecule has 0 aliphatic heterocycles. The van der Waals surface area contributed by atoms with E-state index in [0.29, 0.717) is 0 Å². The van der Waals surface area contributed by atoms with E-state index < -0.39 is 0 Å². The second-order valence-corrected chi connectivity index (χ2v) is 6.82. The number of hydrogen-bond acceptors (Lipinski definition) is 3. The number of halogens is 1. The lowest BCUT2D eigenvalue weighted by Crippen LogP contribution is -2.23. The van der Waals surface area contributed by atoms with Crippen molar-refractivity contribution in [1.82, 2.24) is 10.2 Å². The topological polar surface area (TPSA) is 24.5 Å². The molecule has 0 atom stereocenters. The lowest BCUT2D eigenvalue weighted by atomic mass is 10.1. The van der Waals surface area contributed by atoms with Gasteiger partial charge in [0.1, 0.15) is 0 Å². The van der Waals surface area contributed by atoms with Crippen LogP contribution in [0, 0.1) is 5.92 Å². The molecule has 0 bridgehead atoms. The number of ether oxygens (including phenoxy) is 1. The Balaban J connectivity index is 1.72. The van der Waals surface area contributed by atoms with Crippen molar-refractivity contribution in [3.63, 3.8) is 0 Å². The van der Waals surface area contributed by atoms with Gasteiger partial charge in [-0.05, 0) is 49.5 Å². The Bertz CT molecular complexity index is 435. The fourth-order valence-corrected chi connectivity index (χ4v) is 2.77. The molecule has 2 rings (SSSR count). The van der Waals surface area contributed by atoms with Crippen LogP contribution in [-0.4, -0.2) is 38.3 Å². The van der Waals surface area contributed by atoms with Gasteiger partial charge in [-0.3, -0.25) is 4.90 Å².